The number of aliphatic hydroxyl groups is 2. The van der Waals surface area contributed by atoms with Gasteiger partial charge in [0.25, 0.3) is 5.69 Å². The highest BCUT2D eigenvalue weighted by Gasteiger charge is 2.21. The largest absolute Gasteiger partial charge is 0.395 e. The van der Waals surface area contributed by atoms with Crippen molar-refractivity contribution in [1.29, 1.82) is 0 Å². The summed E-state index contributed by atoms with van der Waals surface area (Å²) >= 11 is 11.9. The van der Waals surface area contributed by atoms with Gasteiger partial charge in [-0.3, -0.25) is 10.1 Å². The molecule has 136 valence electrons. The number of nitro benzene ring substituents is 1. The number of hydrogen-bond donors (Lipinski definition) is 3. The molecule has 2 aromatic rings. The predicted molar refractivity (Wildman–Crippen MR) is 99.5 cm³/mol. The smallest absolute Gasteiger partial charge is 0.269 e. The molecule has 6 nitrogen and oxygen atoms in total. The lowest BCUT2D eigenvalue weighted by Gasteiger charge is -2.23. The van der Waals surface area contributed by atoms with Crippen LogP contribution in [0, 0.1) is 10.1 Å². The summed E-state index contributed by atoms with van der Waals surface area (Å²) in [5, 5.41) is 34.5. The van der Waals surface area contributed by atoms with Crippen LogP contribution in [0.4, 0.5) is 5.69 Å². The molecule has 2 atom stereocenters. The van der Waals surface area contributed by atoms with Gasteiger partial charge in [-0.2, -0.15) is 0 Å². The second-order valence-electron chi connectivity index (χ2n) is 5.20. The summed E-state index contributed by atoms with van der Waals surface area (Å²) in [4.78, 5) is 10.1. The molecule has 0 saturated heterocycles. The van der Waals surface area contributed by atoms with Crippen LogP contribution in [0.15, 0.2) is 42.5 Å². The van der Waals surface area contributed by atoms with E-state index in [0.717, 1.165) is 5.56 Å². The molecule has 0 saturated carbocycles. The summed E-state index contributed by atoms with van der Waals surface area (Å²) in [5.41, 5.74) is 1.18. The van der Waals surface area contributed by atoms with E-state index < -0.39 is 17.1 Å². The first kappa shape index (κ1) is 21.6. The highest BCUT2D eigenvalue weighted by Crippen LogP contribution is 2.23. The molecule has 3 N–H and O–H groups in total. The first-order valence-electron chi connectivity index (χ1n) is 7.13. The normalized spacial score (nSPS) is 13.0. The number of non-ortho nitro benzene ring substituents is 1. The van der Waals surface area contributed by atoms with Gasteiger partial charge in [-0.1, -0.05) is 29.3 Å². The van der Waals surface area contributed by atoms with E-state index in [1.165, 1.54) is 24.3 Å². The van der Waals surface area contributed by atoms with E-state index in [-0.39, 0.29) is 24.7 Å². The number of hydrogen-bond acceptors (Lipinski definition) is 5. The Hall–Kier alpha value is -1.41. The Balaban J connectivity index is 0.00000312. The number of rotatable bonds is 7. The Kier molecular flexibility index (Phi) is 8.58. The van der Waals surface area contributed by atoms with Crippen LogP contribution in [-0.4, -0.2) is 27.8 Å². The van der Waals surface area contributed by atoms with Gasteiger partial charge in [-0.05, 0) is 35.4 Å². The van der Waals surface area contributed by atoms with Crippen LogP contribution < -0.4 is 5.32 Å². The molecule has 0 aliphatic carbocycles. The van der Waals surface area contributed by atoms with E-state index in [9.17, 15) is 20.3 Å². The van der Waals surface area contributed by atoms with Crippen LogP contribution >= 0.6 is 35.6 Å². The quantitative estimate of drug-likeness (QED) is 0.482. The van der Waals surface area contributed by atoms with Crippen molar-refractivity contribution in [2.75, 3.05) is 6.61 Å². The molecule has 0 aliphatic rings. The van der Waals surface area contributed by atoms with Gasteiger partial charge in [-0.25, -0.2) is 0 Å². The zero-order valence-corrected chi connectivity index (χ0v) is 15.3. The summed E-state index contributed by atoms with van der Waals surface area (Å²) in [6.07, 6.45) is -1.03. The van der Waals surface area contributed by atoms with Crippen molar-refractivity contribution in [1.82, 2.24) is 5.32 Å². The lowest BCUT2D eigenvalue weighted by Crippen LogP contribution is -2.37. The molecule has 0 amide bonds. The van der Waals surface area contributed by atoms with Crippen molar-refractivity contribution in [3.63, 3.8) is 0 Å². The molecule has 2 aromatic carbocycles. The van der Waals surface area contributed by atoms with Gasteiger partial charge in [0.2, 0.25) is 0 Å². The second kappa shape index (κ2) is 9.91. The molecule has 0 radical (unpaired) electrons. The third-order valence-corrected chi connectivity index (χ3v) is 4.18. The fraction of sp³-hybridized carbons (Fsp3) is 0.250. The molecular weight excluding hydrogens is 391 g/mol. The van der Waals surface area contributed by atoms with E-state index in [2.05, 4.69) is 5.32 Å². The SMILES string of the molecule is Cl.O=[N+]([O-])c1ccc(C(O)C(CO)NCc2ccc(Cl)cc2Cl)cc1. The van der Waals surface area contributed by atoms with Gasteiger partial charge >= 0.3 is 0 Å². The zero-order chi connectivity index (χ0) is 17.7. The van der Waals surface area contributed by atoms with Crippen molar-refractivity contribution < 1.29 is 15.1 Å². The Labute approximate surface area is 160 Å². The average molecular weight is 408 g/mol. The van der Waals surface area contributed by atoms with Crippen molar-refractivity contribution in [2.45, 2.75) is 18.7 Å². The van der Waals surface area contributed by atoms with Crippen LogP contribution in [0.3, 0.4) is 0 Å². The van der Waals surface area contributed by atoms with Gasteiger partial charge in [0.15, 0.2) is 0 Å². The van der Waals surface area contributed by atoms with Gasteiger partial charge in [-0.15, -0.1) is 12.4 Å². The molecule has 9 heteroatoms. The van der Waals surface area contributed by atoms with E-state index in [4.69, 9.17) is 23.2 Å². The number of benzene rings is 2. The fourth-order valence-electron chi connectivity index (χ4n) is 2.21. The minimum absolute atomic E-state index is 0. The van der Waals surface area contributed by atoms with Crippen LogP contribution in [0.25, 0.3) is 0 Å². The maximum absolute atomic E-state index is 10.7. The predicted octanol–water partition coefficient (Wildman–Crippen LogP) is 3.51. The third kappa shape index (κ3) is 5.81. The third-order valence-electron chi connectivity index (χ3n) is 3.59. The molecule has 0 aromatic heterocycles. The first-order valence-corrected chi connectivity index (χ1v) is 7.88. The summed E-state index contributed by atoms with van der Waals surface area (Å²) in [7, 11) is 0. The van der Waals surface area contributed by atoms with Crippen molar-refractivity contribution in [3.05, 3.63) is 73.8 Å². The van der Waals surface area contributed by atoms with E-state index in [0.29, 0.717) is 22.2 Å². The zero-order valence-electron chi connectivity index (χ0n) is 12.9. The van der Waals surface area contributed by atoms with Crippen LogP contribution in [-0.2, 0) is 6.54 Å². The standard InChI is InChI=1S/C16H16Cl2N2O4.ClH/c17-12-4-1-11(14(18)7-12)8-19-15(9-21)16(22)10-2-5-13(6-3-10)20(23)24;/h1-7,15-16,19,21-22H,8-9H2;1H. The van der Waals surface area contributed by atoms with Crippen LogP contribution in [0.1, 0.15) is 17.2 Å². The fourth-order valence-corrected chi connectivity index (χ4v) is 2.68. The number of nitrogens with one attached hydrogen (secondary N) is 1. The molecule has 0 spiro atoms. The maximum atomic E-state index is 10.7. The Bertz CT molecular complexity index is 713. The molecule has 2 unspecified atom stereocenters. The van der Waals surface area contributed by atoms with Crippen LogP contribution in [0.2, 0.25) is 10.0 Å². The van der Waals surface area contributed by atoms with Gasteiger partial charge in [0.05, 0.1) is 23.7 Å². The van der Waals surface area contributed by atoms with Gasteiger partial charge < -0.3 is 15.5 Å². The minimum Gasteiger partial charge on any atom is -0.395 e. The topological polar surface area (TPSA) is 95.6 Å². The molecule has 0 fully saturated rings. The highest BCUT2D eigenvalue weighted by molar-refractivity contribution is 6.35. The molecule has 2 rings (SSSR count). The monoisotopic (exact) mass is 406 g/mol. The number of halogens is 3. The lowest BCUT2D eigenvalue weighted by atomic mass is 10.0. The number of nitro groups is 1. The van der Waals surface area contributed by atoms with E-state index in [1.54, 1.807) is 18.2 Å². The number of nitrogens with zero attached hydrogens (tertiary/aromatic N) is 1. The second-order valence-corrected chi connectivity index (χ2v) is 6.04. The minimum atomic E-state index is -1.03. The molecule has 0 bridgehead atoms. The Morgan fingerprint density at radius 2 is 1.80 bits per heavy atom. The number of aliphatic hydroxyl groups excluding tert-OH is 2. The van der Waals surface area contributed by atoms with Gasteiger partial charge in [0.1, 0.15) is 0 Å². The van der Waals surface area contributed by atoms with Crippen molar-refractivity contribution in [3.8, 4) is 0 Å². The van der Waals surface area contributed by atoms with Crippen molar-refractivity contribution >= 4 is 41.3 Å². The van der Waals surface area contributed by atoms with Crippen LogP contribution in [0.5, 0.6) is 0 Å². The Morgan fingerprint density at radius 3 is 2.32 bits per heavy atom. The Morgan fingerprint density at radius 1 is 1.16 bits per heavy atom. The summed E-state index contributed by atoms with van der Waals surface area (Å²) in [5.74, 6) is 0. The lowest BCUT2D eigenvalue weighted by molar-refractivity contribution is -0.384. The summed E-state index contributed by atoms with van der Waals surface area (Å²) < 4.78 is 0. The average Bonchev–Trinajstić information content (AvgIpc) is 2.57. The van der Waals surface area contributed by atoms with Gasteiger partial charge in [0, 0.05) is 28.7 Å². The van der Waals surface area contributed by atoms with E-state index >= 15 is 0 Å². The molecular formula is C16H17Cl3N2O4. The molecule has 0 heterocycles. The molecule has 25 heavy (non-hydrogen) atoms. The summed E-state index contributed by atoms with van der Waals surface area (Å²) in [6.45, 7) is 0.00856. The van der Waals surface area contributed by atoms with E-state index in [1.807, 2.05) is 0 Å². The first-order chi connectivity index (χ1) is 11.4. The van der Waals surface area contributed by atoms with Crippen molar-refractivity contribution in [2.24, 2.45) is 0 Å². The maximum Gasteiger partial charge on any atom is 0.269 e. The summed E-state index contributed by atoms with van der Waals surface area (Å²) in [6, 6.07) is 9.95. The highest BCUT2D eigenvalue weighted by atomic mass is 35.5. The molecule has 0 aliphatic heterocycles.